The van der Waals surface area contributed by atoms with Crippen LogP contribution in [-0.2, 0) is 0 Å². The Kier molecular flexibility index (Phi) is 4.01. The highest BCUT2D eigenvalue weighted by molar-refractivity contribution is 6.32. The molecule has 0 heterocycles. The number of hydrogen-bond donors (Lipinski definition) is 1. The van der Waals surface area contributed by atoms with E-state index in [1.54, 1.807) is 12.1 Å². The van der Waals surface area contributed by atoms with Crippen LogP contribution >= 0.6 is 11.6 Å². The number of nitrogen functional groups attached to an aromatic ring is 1. The van der Waals surface area contributed by atoms with Crippen LogP contribution in [-0.4, -0.2) is 0 Å². The molecule has 100 valence electrons. The molecule has 0 fully saturated rings. The molecule has 3 heteroatoms. The van der Waals surface area contributed by atoms with Gasteiger partial charge in [0.1, 0.15) is 5.75 Å². The molecule has 2 nitrogen and oxygen atoms in total. The lowest BCUT2D eigenvalue weighted by Crippen LogP contribution is -1.97. The van der Waals surface area contributed by atoms with Gasteiger partial charge in [-0.25, -0.2) is 0 Å². The Morgan fingerprint density at radius 3 is 2.53 bits per heavy atom. The van der Waals surface area contributed by atoms with Crippen molar-refractivity contribution in [3.05, 3.63) is 52.5 Å². The van der Waals surface area contributed by atoms with Crippen molar-refractivity contribution in [2.24, 2.45) is 0 Å². The fourth-order valence-electron chi connectivity index (χ4n) is 1.95. The summed E-state index contributed by atoms with van der Waals surface area (Å²) < 4.78 is 5.96. The lowest BCUT2D eigenvalue weighted by Gasteiger charge is -2.16. The SMILES string of the molecule is Cc1ccc(C(C)C)c(Oc2c(N)cccc2Cl)c1. The molecule has 2 rings (SSSR count). The summed E-state index contributed by atoms with van der Waals surface area (Å²) >= 11 is 6.15. The average Bonchev–Trinajstić information content (AvgIpc) is 2.33. The Balaban J connectivity index is 2.46. The maximum absolute atomic E-state index is 6.15. The molecule has 0 aliphatic heterocycles. The number of aryl methyl sites for hydroxylation is 1. The van der Waals surface area contributed by atoms with Gasteiger partial charge in [0.15, 0.2) is 5.75 Å². The number of nitrogens with two attached hydrogens (primary N) is 1. The highest BCUT2D eigenvalue weighted by atomic mass is 35.5. The molecule has 0 unspecified atom stereocenters. The van der Waals surface area contributed by atoms with Crippen LogP contribution < -0.4 is 10.5 Å². The first-order valence-electron chi connectivity index (χ1n) is 6.31. The fourth-order valence-corrected chi connectivity index (χ4v) is 2.17. The summed E-state index contributed by atoms with van der Waals surface area (Å²) in [6.45, 7) is 6.30. The second-order valence-electron chi connectivity index (χ2n) is 4.96. The molecular weight excluding hydrogens is 258 g/mol. The third kappa shape index (κ3) is 3.02. The van der Waals surface area contributed by atoms with Crippen molar-refractivity contribution in [3.63, 3.8) is 0 Å². The number of anilines is 1. The maximum atomic E-state index is 6.15. The van der Waals surface area contributed by atoms with E-state index in [-0.39, 0.29) is 0 Å². The van der Waals surface area contributed by atoms with Crippen LogP contribution in [0.25, 0.3) is 0 Å². The monoisotopic (exact) mass is 275 g/mol. The second kappa shape index (κ2) is 5.54. The number of rotatable bonds is 3. The van der Waals surface area contributed by atoms with Gasteiger partial charge in [-0.15, -0.1) is 0 Å². The summed E-state index contributed by atoms with van der Waals surface area (Å²) in [5, 5.41) is 0.524. The smallest absolute Gasteiger partial charge is 0.168 e. The van der Waals surface area contributed by atoms with Crippen molar-refractivity contribution < 1.29 is 4.74 Å². The molecule has 0 aromatic heterocycles. The molecule has 0 aliphatic carbocycles. The van der Waals surface area contributed by atoms with Gasteiger partial charge in [0.25, 0.3) is 0 Å². The minimum Gasteiger partial charge on any atom is -0.453 e. The molecule has 0 spiro atoms. The van der Waals surface area contributed by atoms with Crippen LogP contribution in [0.5, 0.6) is 11.5 Å². The summed E-state index contributed by atoms with van der Waals surface area (Å²) in [4.78, 5) is 0. The molecule has 2 aromatic rings. The van der Waals surface area contributed by atoms with E-state index < -0.39 is 0 Å². The first kappa shape index (κ1) is 13.8. The molecule has 19 heavy (non-hydrogen) atoms. The van der Waals surface area contributed by atoms with E-state index >= 15 is 0 Å². The van der Waals surface area contributed by atoms with Gasteiger partial charge in [-0.05, 0) is 42.2 Å². The maximum Gasteiger partial charge on any atom is 0.168 e. The van der Waals surface area contributed by atoms with Crippen LogP contribution in [0, 0.1) is 6.92 Å². The van der Waals surface area contributed by atoms with Gasteiger partial charge in [-0.1, -0.05) is 43.6 Å². The van der Waals surface area contributed by atoms with E-state index in [4.69, 9.17) is 22.1 Å². The molecule has 0 amide bonds. The largest absolute Gasteiger partial charge is 0.453 e. The van der Waals surface area contributed by atoms with Crippen molar-refractivity contribution >= 4 is 17.3 Å². The van der Waals surface area contributed by atoms with Crippen molar-refractivity contribution in [3.8, 4) is 11.5 Å². The van der Waals surface area contributed by atoms with E-state index in [1.165, 1.54) is 0 Å². The minimum atomic E-state index is 0.374. The molecule has 0 saturated heterocycles. The summed E-state index contributed by atoms with van der Waals surface area (Å²) in [5.74, 6) is 1.71. The molecule has 0 aliphatic rings. The molecule has 2 aromatic carbocycles. The zero-order chi connectivity index (χ0) is 14.0. The summed E-state index contributed by atoms with van der Waals surface area (Å²) in [6.07, 6.45) is 0. The number of benzene rings is 2. The molecule has 0 atom stereocenters. The standard InChI is InChI=1S/C16H18ClNO/c1-10(2)12-8-7-11(3)9-15(12)19-16-13(17)5-4-6-14(16)18/h4-10H,18H2,1-3H3. The lowest BCUT2D eigenvalue weighted by atomic mass is 10.0. The molecule has 2 N–H and O–H groups in total. The molecule has 0 bridgehead atoms. The first-order valence-corrected chi connectivity index (χ1v) is 6.69. The van der Waals surface area contributed by atoms with E-state index in [0.29, 0.717) is 22.4 Å². The average molecular weight is 276 g/mol. The van der Waals surface area contributed by atoms with Crippen LogP contribution in [0.2, 0.25) is 5.02 Å². The van der Waals surface area contributed by atoms with Crippen LogP contribution in [0.4, 0.5) is 5.69 Å². The Labute approximate surface area is 119 Å². The van der Waals surface area contributed by atoms with Gasteiger partial charge in [0.05, 0.1) is 10.7 Å². The normalized spacial score (nSPS) is 10.8. The first-order chi connectivity index (χ1) is 8.99. The van der Waals surface area contributed by atoms with Crippen LogP contribution in [0.15, 0.2) is 36.4 Å². The van der Waals surface area contributed by atoms with E-state index in [2.05, 4.69) is 26.0 Å². The summed E-state index contributed by atoms with van der Waals surface area (Å²) in [5.41, 5.74) is 8.76. The van der Waals surface area contributed by atoms with Gasteiger partial charge in [0, 0.05) is 0 Å². The highest BCUT2D eigenvalue weighted by Gasteiger charge is 2.12. The van der Waals surface area contributed by atoms with E-state index in [0.717, 1.165) is 16.9 Å². The van der Waals surface area contributed by atoms with Gasteiger partial charge in [0.2, 0.25) is 0 Å². The second-order valence-corrected chi connectivity index (χ2v) is 5.36. The number of halogens is 1. The zero-order valence-electron chi connectivity index (χ0n) is 11.4. The van der Waals surface area contributed by atoms with E-state index in [9.17, 15) is 0 Å². The summed E-state index contributed by atoms with van der Waals surface area (Å²) in [7, 11) is 0. The number of ether oxygens (including phenoxy) is 1. The Morgan fingerprint density at radius 2 is 1.89 bits per heavy atom. The minimum absolute atomic E-state index is 0.374. The highest BCUT2D eigenvalue weighted by Crippen LogP contribution is 2.38. The number of hydrogen-bond acceptors (Lipinski definition) is 2. The van der Waals surface area contributed by atoms with Crippen LogP contribution in [0.3, 0.4) is 0 Å². The van der Waals surface area contributed by atoms with Crippen molar-refractivity contribution in [2.45, 2.75) is 26.7 Å². The Hall–Kier alpha value is -1.67. The molecule has 0 radical (unpaired) electrons. The Morgan fingerprint density at radius 1 is 1.16 bits per heavy atom. The van der Waals surface area contributed by atoms with Gasteiger partial charge >= 0.3 is 0 Å². The predicted molar refractivity (Wildman–Crippen MR) is 81.2 cm³/mol. The summed E-state index contributed by atoms with van der Waals surface area (Å²) in [6, 6.07) is 11.5. The topological polar surface area (TPSA) is 35.2 Å². The van der Waals surface area contributed by atoms with Crippen molar-refractivity contribution in [1.82, 2.24) is 0 Å². The third-order valence-corrected chi connectivity index (χ3v) is 3.30. The molecule has 0 saturated carbocycles. The van der Waals surface area contributed by atoms with Crippen molar-refractivity contribution in [2.75, 3.05) is 5.73 Å². The van der Waals surface area contributed by atoms with Gasteiger partial charge in [-0.3, -0.25) is 0 Å². The van der Waals surface area contributed by atoms with E-state index in [1.807, 2.05) is 19.1 Å². The predicted octanol–water partition coefficient (Wildman–Crippen LogP) is 5.15. The van der Waals surface area contributed by atoms with Gasteiger partial charge < -0.3 is 10.5 Å². The third-order valence-electron chi connectivity index (χ3n) is 3.00. The van der Waals surface area contributed by atoms with Crippen LogP contribution in [0.1, 0.15) is 30.9 Å². The quantitative estimate of drug-likeness (QED) is 0.787. The fraction of sp³-hybridized carbons (Fsp3) is 0.250. The molecular formula is C16H18ClNO. The van der Waals surface area contributed by atoms with Gasteiger partial charge in [-0.2, -0.15) is 0 Å². The zero-order valence-corrected chi connectivity index (χ0v) is 12.2. The lowest BCUT2D eigenvalue weighted by molar-refractivity contribution is 0.475. The van der Waals surface area contributed by atoms with Crippen molar-refractivity contribution in [1.29, 1.82) is 0 Å². The Bertz CT molecular complexity index is 573. The number of para-hydroxylation sites is 1.